The molecule has 2 nitrogen and oxygen atoms in total. The highest BCUT2D eigenvalue weighted by atomic mass is 19.1. The number of hydrogen-bond acceptors (Lipinski definition) is 2. The second-order valence-electron chi connectivity index (χ2n) is 2.53. The molecule has 0 bridgehead atoms. The Labute approximate surface area is 74.8 Å². The van der Waals surface area contributed by atoms with Crippen LogP contribution < -0.4 is 0 Å². The van der Waals surface area contributed by atoms with Crippen LogP contribution in [0.25, 0.3) is 0 Å². The van der Waals surface area contributed by atoms with Crippen molar-refractivity contribution < 1.29 is 13.6 Å². The molecule has 0 radical (unpaired) electrons. The molecule has 0 atom stereocenters. The first-order valence-electron chi connectivity index (χ1n) is 3.67. The van der Waals surface area contributed by atoms with Crippen molar-refractivity contribution in [2.45, 2.75) is 6.92 Å². The van der Waals surface area contributed by atoms with Crippen molar-refractivity contribution in [3.8, 4) is 0 Å². The SMILES string of the molecule is CON=Cc1cc(F)c(C)c(F)c1. The van der Waals surface area contributed by atoms with Crippen LogP contribution >= 0.6 is 0 Å². The molecule has 1 aromatic rings. The number of hydrogen-bond donors (Lipinski definition) is 0. The van der Waals surface area contributed by atoms with E-state index in [1.54, 1.807) is 0 Å². The van der Waals surface area contributed by atoms with E-state index >= 15 is 0 Å². The number of oxime groups is 1. The monoisotopic (exact) mass is 185 g/mol. The van der Waals surface area contributed by atoms with E-state index in [0.717, 1.165) is 0 Å². The third-order valence-corrected chi connectivity index (χ3v) is 1.61. The molecule has 0 fully saturated rings. The predicted octanol–water partition coefficient (Wildman–Crippen LogP) is 2.25. The Hall–Kier alpha value is -1.45. The van der Waals surface area contributed by atoms with Crippen LogP contribution in [-0.4, -0.2) is 13.3 Å². The zero-order chi connectivity index (χ0) is 9.84. The molecule has 0 heterocycles. The van der Waals surface area contributed by atoms with Gasteiger partial charge in [0.1, 0.15) is 18.7 Å². The molecule has 0 amide bonds. The van der Waals surface area contributed by atoms with Gasteiger partial charge in [0, 0.05) is 11.1 Å². The molecular formula is C9H9F2NO. The van der Waals surface area contributed by atoms with Crippen molar-refractivity contribution in [2.24, 2.45) is 5.16 Å². The zero-order valence-electron chi connectivity index (χ0n) is 7.34. The van der Waals surface area contributed by atoms with Crippen LogP contribution in [0.2, 0.25) is 0 Å². The first-order chi connectivity index (χ1) is 6.15. The zero-order valence-corrected chi connectivity index (χ0v) is 7.34. The summed E-state index contributed by atoms with van der Waals surface area (Å²) in [7, 11) is 1.36. The van der Waals surface area contributed by atoms with Crippen molar-refractivity contribution in [3.63, 3.8) is 0 Å². The largest absolute Gasteiger partial charge is 0.399 e. The van der Waals surface area contributed by atoms with Gasteiger partial charge < -0.3 is 4.84 Å². The molecule has 1 rings (SSSR count). The molecule has 0 unspecified atom stereocenters. The fourth-order valence-corrected chi connectivity index (χ4v) is 0.853. The summed E-state index contributed by atoms with van der Waals surface area (Å²) in [6.45, 7) is 1.38. The molecule has 70 valence electrons. The summed E-state index contributed by atoms with van der Waals surface area (Å²) < 4.78 is 25.8. The summed E-state index contributed by atoms with van der Waals surface area (Å²) in [6.07, 6.45) is 1.24. The summed E-state index contributed by atoms with van der Waals surface area (Å²) in [5, 5.41) is 3.40. The molecular weight excluding hydrogens is 176 g/mol. The van der Waals surface area contributed by atoms with Crippen molar-refractivity contribution in [3.05, 3.63) is 34.9 Å². The standard InChI is InChI=1S/C9H9F2NO/c1-6-8(10)3-7(4-9(6)11)5-12-13-2/h3-5H,1-2H3. The lowest BCUT2D eigenvalue weighted by atomic mass is 10.1. The topological polar surface area (TPSA) is 21.6 Å². The maximum atomic E-state index is 12.9. The third kappa shape index (κ3) is 2.24. The van der Waals surface area contributed by atoms with E-state index in [-0.39, 0.29) is 5.56 Å². The van der Waals surface area contributed by atoms with Gasteiger partial charge in [-0.15, -0.1) is 0 Å². The van der Waals surface area contributed by atoms with Gasteiger partial charge in [-0.25, -0.2) is 8.78 Å². The number of benzene rings is 1. The van der Waals surface area contributed by atoms with Crippen molar-refractivity contribution in [1.82, 2.24) is 0 Å². The molecule has 13 heavy (non-hydrogen) atoms. The third-order valence-electron chi connectivity index (χ3n) is 1.61. The second-order valence-corrected chi connectivity index (χ2v) is 2.53. The molecule has 0 aliphatic heterocycles. The molecule has 4 heteroatoms. The van der Waals surface area contributed by atoms with Crippen LogP contribution in [0.15, 0.2) is 17.3 Å². The summed E-state index contributed by atoms with van der Waals surface area (Å²) in [5.41, 5.74) is 0.344. The van der Waals surface area contributed by atoms with Gasteiger partial charge in [-0.1, -0.05) is 5.16 Å². The summed E-state index contributed by atoms with van der Waals surface area (Å²) in [5.74, 6) is -1.17. The van der Waals surface area contributed by atoms with Crippen LogP contribution in [0.5, 0.6) is 0 Å². The van der Waals surface area contributed by atoms with Gasteiger partial charge in [0.15, 0.2) is 0 Å². The Bertz CT molecular complexity index is 313. The van der Waals surface area contributed by atoms with Gasteiger partial charge in [-0.2, -0.15) is 0 Å². The Morgan fingerprint density at radius 2 is 1.85 bits per heavy atom. The highest BCUT2D eigenvalue weighted by molar-refractivity contribution is 5.79. The fourth-order valence-electron chi connectivity index (χ4n) is 0.853. The van der Waals surface area contributed by atoms with Crippen LogP contribution in [0.1, 0.15) is 11.1 Å². The lowest BCUT2D eigenvalue weighted by molar-refractivity contribution is 0.215. The fraction of sp³-hybridized carbons (Fsp3) is 0.222. The van der Waals surface area contributed by atoms with Gasteiger partial charge in [0.05, 0.1) is 6.21 Å². The van der Waals surface area contributed by atoms with Crippen LogP contribution in [0, 0.1) is 18.6 Å². The van der Waals surface area contributed by atoms with E-state index < -0.39 is 11.6 Å². The van der Waals surface area contributed by atoms with E-state index in [2.05, 4.69) is 9.99 Å². The van der Waals surface area contributed by atoms with E-state index in [1.165, 1.54) is 32.4 Å². The number of nitrogens with zero attached hydrogens (tertiary/aromatic N) is 1. The molecule has 0 N–H and O–H groups in total. The molecule has 1 aromatic carbocycles. The predicted molar refractivity (Wildman–Crippen MR) is 45.7 cm³/mol. The van der Waals surface area contributed by atoms with Gasteiger partial charge >= 0.3 is 0 Å². The van der Waals surface area contributed by atoms with E-state index in [0.29, 0.717) is 5.56 Å². The summed E-state index contributed by atoms with van der Waals surface area (Å²) in [4.78, 5) is 4.38. The van der Waals surface area contributed by atoms with E-state index in [4.69, 9.17) is 0 Å². The van der Waals surface area contributed by atoms with Crippen LogP contribution in [0.4, 0.5) is 8.78 Å². The van der Waals surface area contributed by atoms with Crippen LogP contribution in [0.3, 0.4) is 0 Å². The molecule has 0 aliphatic carbocycles. The lowest BCUT2D eigenvalue weighted by Gasteiger charge is -1.99. The Kier molecular flexibility index (Phi) is 2.95. The lowest BCUT2D eigenvalue weighted by Crippen LogP contribution is -1.92. The van der Waals surface area contributed by atoms with Gasteiger partial charge in [0.2, 0.25) is 0 Å². The molecule has 0 aromatic heterocycles. The Morgan fingerprint density at radius 3 is 2.31 bits per heavy atom. The Balaban J connectivity index is 3.06. The summed E-state index contributed by atoms with van der Waals surface area (Å²) in [6, 6.07) is 2.39. The van der Waals surface area contributed by atoms with Crippen molar-refractivity contribution in [1.29, 1.82) is 0 Å². The van der Waals surface area contributed by atoms with E-state index in [1.807, 2.05) is 0 Å². The minimum Gasteiger partial charge on any atom is -0.399 e. The first kappa shape index (κ1) is 9.64. The minimum atomic E-state index is -0.586. The molecule has 0 saturated carbocycles. The average Bonchev–Trinajstić information content (AvgIpc) is 2.10. The minimum absolute atomic E-state index is 0.00886. The first-order valence-corrected chi connectivity index (χ1v) is 3.67. The second kappa shape index (κ2) is 3.98. The van der Waals surface area contributed by atoms with Gasteiger partial charge in [0.25, 0.3) is 0 Å². The highest BCUT2D eigenvalue weighted by Crippen LogP contribution is 2.12. The summed E-state index contributed by atoms with van der Waals surface area (Å²) >= 11 is 0. The van der Waals surface area contributed by atoms with Crippen LogP contribution in [-0.2, 0) is 4.84 Å². The molecule has 0 spiro atoms. The molecule has 0 aliphatic rings. The normalized spacial score (nSPS) is 10.8. The maximum Gasteiger partial charge on any atom is 0.129 e. The maximum absolute atomic E-state index is 12.9. The quantitative estimate of drug-likeness (QED) is 0.511. The van der Waals surface area contributed by atoms with Gasteiger partial charge in [-0.3, -0.25) is 0 Å². The number of rotatable bonds is 2. The highest BCUT2D eigenvalue weighted by Gasteiger charge is 2.04. The smallest absolute Gasteiger partial charge is 0.129 e. The van der Waals surface area contributed by atoms with Crippen molar-refractivity contribution in [2.75, 3.05) is 7.11 Å². The molecule has 0 saturated heterocycles. The van der Waals surface area contributed by atoms with Crippen molar-refractivity contribution >= 4 is 6.21 Å². The van der Waals surface area contributed by atoms with Gasteiger partial charge in [-0.05, 0) is 19.1 Å². The number of halogens is 2. The average molecular weight is 185 g/mol. The van der Waals surface area contributed by atoms with E-state index in [9.17, 15) is 8.78 Å². The Morgan fingerprint density at radius 1 is 1.31 bits per heavy atom.